The van der Waals surface area contributed by atoms with Crippen LogP contribution >= 0.6 is 23.4 Å². The van der Waals surface area contributed by atoms with Crippen molar-refractivity contribution in [3.63, 3.8) is 0 Å². The largest absolute Gasteiger partial charge is 0.490 e. The van der Waals surface area contributed by atoms with Crippen LogP contribution in [0.15, 0.2) is 76.5 Å². The van der Waals surface area contributed by atoms with Crippen molar-refractivity contribution in [3.05, 3.63) is 77.5 Å². The molecule has 0 spiro atoms. The minimum atomic E-state index is -0.202. The van der Waals surface area contributed by atoms with Gasteiger partial charge < -0.3 is 14.5 Å². The van der Waals surface area contributed by atoms with E-state index in [1.54, 1.807) is 30.5 Å². The molecule has 4 aromatic rings. The number of halogens is 1. The summed E-state index contributed by atoms with van der Waals surface area (Å²) in [6.07, 6.45) is 1.60. The van der Waals surface area contributed by atoms with Gasteiger partial charge in [0.25, 0.3) is 0 Å². The topological polar surface area (TPSA) is 82.2 Å². The molecule has 1 amide bonds. The first kappa shape index (κ1) is 22.0. The van der Waals surface area contributed by atoms with Crippen LogP contribution in [0, 0.1) is 0 Å². The molecule has 0 aliphatic carbocycles. The van der Waals surface area contributed by atoms with Gasteiger partial charge in [-0.3, -0.25) is 9.36 Å². The Bertz CT molecular complexity index is 1180. The van der Waals surface area contributed by atoms with Crippen molar-refractivity contribution < 1.29 is 13.9 Å². The Morgan fingerprint density at radius 3 is 2.72 bits per heavy atom. The van der Waals surface area contributed by atoms with Gasteiger partial charge >= 0.3 is 0 Å². The number of amides is 1. The lowest BCUT2D eigenvalue weighted by Crippen LogP contribution is -2.16. The SMILES string of the molecule is CCOc1c(Cl)cccc1NC(=O)CSc1nnc(-c2ccco2)n1Cc1ccccc1. The van der Waals surface area contributed by atoms with E-state index in [1.807, 2.05) is 47.9 Å². The Morgan fingerprint density at radius 2 is 1.97 bits per heavy atom. The van der Waals surface area contributed by atoms with Gasteiger partial charge in [0.05, 0.1) is 35.9 Å². The summed E-state index contributed by atoms with van der Waals surface area (Å²) in [6, 6.07) is 18.9. The maximum absolute atomic E-state index is 12.7. The highest BCUT2D eigenvalue weighted by Gasteiger charge is 2.18. The van der Waals surface area contributed by atoms with Crippen molar-refractivity contribution >= 4 is 35.0 Å². The Hall–Kier alpha value is -3.23. The second-order valence-corrected chi connectivity index (χ2v) is 8.09. The fraction of sp³-hybridized carbons (Fsp3) is 0.174. The molecule has 9 heteroatoms. The molecule has 2 aromatic heterocycles. The summed E-state index contributed by atoms with van der Waals surface area (Å²) in [7, 11) is 0. The van der Waals surface area contributed by atoms with Crippen LogP contribution in [0.4, 0.5) is 5.69 Å². The lowest BCUT2D eigenvalue weighted by molar-refractivity contribution is -0.113. The molecule has 1 N–H and O–H groups in total. The number of hydrogen-bond donors (Lipinski definition) is 1. The molecule has 0 aliphatic heterocycles. The minimum absolute atomic E-state index is 0.142. The number of rotatable bonds is 9. The molecular formula is C23H21ClN4O3S. The second-order valence-electron chi connectivity index (χ2n) is 6.74. The van der Waals surface area contributed by atoms with Crippen LogP contribution in [-0.2, 0) is 11.3 Å². The van der Waals surface area contributed by atoms with Gasteiger partial charge in [0.15, 0.2) is 16.7 Å². The molecule has 0 aliphatic rings. The summed E-state index contributed by atoms with van der Waals surface area (Å²) in [5.74, 6) is 1.62. The smallest absolute Gasteiger partial charge is 0.234 e. The normalized spacial score (nSPS) is 10.8. The molecule has 2 heterocycles. The van der Waals surface area contributed by atoms with Gasteiger partial charge in [0, 0.05) is 0 Å². The fourth-order valence-corrected chi connectivity index (χ4v) is 4.07. The highest BCUT2D eigenvalue weighted by atomic mass is 35.5. The number of carbonyl (C=O) groups is 1. The van der Waals surface area contributed by atoms with Crippen molar-refractivity contribution in [2.45, 2.75) is 18.6 Å². The third-order valence-corrected chi connectivity index (χ3v) is 5.77. The third kappa shape index (κ3) is 5.15. The zero-order chi connectivity index (χ0) is 22.3. The number of carbonyl (C=O) groups excluding carboxylic acids is 1. The summed E-state index contributed by atoms with van der Waals surface area (Å²) >= 11 is 7.50. The Balaban J connectivity index is 1.51. The Kier molecular flexibility index (Phi) is 7.14. The molecule has 0 saturated carbocycles. The quantitative estimate of drug-likeness (QED) is 0.332. The van der Waals surface area contributed by atoms with Crippen LogP contribution in [-0.4, -0.2) is 33.0 Å². The van der Waals surface area contributed by atoms with Gasteiger partial charge in [0.2, 0.25) is 11.7 Å². The summed E-state index contributed by atoms with van der Waals surface area (Å²) in [4.78, 5) is 12.7. The molecule has 0 bridgehead atoms. The number of anilines is 1. The van der Waals surface area contributed by atoms with E-state index in [0.29, 0.717) is 46.4 Å². The van der Waals surface area contributed by atoms with E-state index in [9.17, 15) is 4.79 Å². The lowest BCUT2D eigenvalue weighted by atomic mass is 10.2. The monoisotopic (exact) mass is 468 g/mol. The van der Waals surface area contributed by atoms with E-state index in [4.69, 9.17) is 20.8 Å². The summed E-state index contributed by atoms with van der Waals surface area (Å²) in [5.41, 5.74) is 1.62. The predicted octanol–water partition coefficient (Wildman–Crippen LogP) is 5.37. The van der Waals surface area contributed by atoms with Gasteiger partial charge in [-0.2, -0.15) is 0 Å². The van der Waals surface area contributed by atoms with Crippen LogP contribution in [0.25, 0.3) is 11.6 Å². The van der Waals surface area contributed by atoms with Crippen molar-refractivity contribution in [3.8, 4) is 17.3 Å². The summed E-state index contributed by atoms with van der Waals surface area (Å²) in [6.45, 7) is 2.86. The number of benzene rings is 2. The molecule has 164 valence electrons. The average Bonchev–Trinajstić information content (AvgIpc) is 3.46. The van der Waals surface area contributed by atoms with Crippen LogP contribution in [0.2, 0.25) is 5.02 Å². The number of ether oxygens (including phenoxy) is 1. The maximum Gasteiger partial charge on any atom is 0.234 e. The standard InChI is InChI=1S/C23H21ClN4O3S/c1-2-30-21-17(24)10-6-11-18(21)25-20(29)15-32-23-27-26-22(19-12-7-13-31-19)28(23)14-16-8-4-3-5-9-16/h3-13H,2,14-15H2,1H3,(H,25,29). The second kappa shape index (κ2) is 10.4. The van der Waals surface area contributed by atoms with E-state index in [2.05, 4.69) is 15.5 Å². The summed E-state index contributed by atoms with van der Waals surface area (Å²) < 4.78 is 13.0. The first-order valence-electron chi connectivity index (χ1n) is 10.0. The van der Waals surface area contributed by atoms with Crippen molar-refractivity contribution in [2.24, 2.45) is 0 Å². The van der Waals surface area contributed by atoms with Crippen LogP contribution in [0.3, 0.4) is 0 Å². The molecule has 7 nitrogen and oxygen atoms in total. The van der Waals surface area contributed by atoms with E-state index >= 15 is 0 Å². The van der Waals surface area contributed by atoms with Gasteiger partial charge in [-0.15, -0.1) is 10.2 Å². The number of nitrogens with one attached hydrogen (secondary N) is 1. The van der Waals surface area contributed by atoms with Crippen LogP contribution in [0.5, 0.6) is 5.75 Å². The van der Waals surface area contributed by atoms with Gasteiger partial charge in [-0.05, 0) is 36.8 Å². The van der Waals surface area contributed by atoms with Crippen molar-refractivity contribution in [1.82, 2.24) is 14.8 Å². The number of para-hydroxylation sites is 1. The minimum Gasteiger partial charge on any atom is -0.490 e. The van der Waals surface area contributed by atoms with Crippen LogP contribution < -0.4 is 10.1 Å². The number of nitrogens with zero attached hydrogens (tertiary/aromatic N) is 3. The molecule has 2 aromatic carbocycles. The molecule has 0 radical (unpaired) electrons. The molecular weight excluding hydrogens is 448 g/mol. The number of furan rings is 1. The zero-order valence-corrected chi connectivity index (χ0v) is 18.9. The van der Waals surface area contributed by atoms with Crippen molar-refractivity contribution in [2.75, 3.05) is 17.7 Å². The van der Waals surface area contributed by atoms with Gasteiger partial charge in [0.1, 0.15) is 0 Å². The first-order valence-corrected chi connectivity index (χ1v) is 11.4. The molecule has 0 atom stereocenters. The fourth-order valence-electron chi connectivity index (χ4n) is 3.11. The Labute approximate surface area is 194 Å². The van der Waals surface area contributed by atoms with Crippen LogP contribution in [0.1, 0.15) is 12.5 Å². The van der Waals surface area contributed by atoms with E-state index in [0.717, 1.165) is 5.56 Å². The maximum atomic E-state index is 12.7. The Morgan fingerprint density at radius 1 is 1.12 bits per heavy atom. The number of aromatic nitrogens is 3. The van der Waals surface area contributed by atoms with Gasteiger partial charge in [-0.1, -0.05) is 59.8 Å². The average molecular weight is 469 g/mol. The van der Waals surface area contributed by atoms with Crippen molar-refractivity contribution in [1.29, 1.82) is 0 Å². The predicted molar refractivity (Wildman–Crippen MR) is 125 cm³/mol. The number of thioether (sulfide) groups is 1. The summed E-state index contributed by atoms with van der Waals surface area (Å²) in [5, 5.41) is 12.5. The van der Waals surface area contributed by atoms with Gasteiger partial charge in [-0.25, -0.2) is 0 Å². The highest BCUT2D eigenvalue weighted by molar-refractivity contribution is 7.99. The molecule has 32 heavy (non-hydrogen) atoms. The highest BCUT2D eigenvalue weighted by Crippen LogP contribution is 2.33. The van der Waals surface area contributed by atoms with E-state index in [1.165, 1.54) is 11.8 Å². The molecule has 0 unspecified atom stereocenters. The lowest BCUT2D eigenvalue weighted by Gasteiger charge is -2.13. The molecule has 4 rings (SSSR count). The number of hydrogen-bond acceptors (Lipinski definition) is 6. The molecule has 0 saturated heterocycles. The van der Waals surface area contributed by atoms with E-state index in [-0.39, 0.29) is 11.7 Å². The van der Waals surface area contributed by atoms with E-state index < -0.39 is 0 Å². The molecule has 0 fully saturated rings. The third-order valence-electron chi connectivity index (χ3n) is 4.50. The zero-order valence-electron chi connectivity index (χ0n) is 17.3. The first-order chi connectivity index (χ1) is 15.7.